The first-order chi connectivity index (χ1) is 11.6. The normalized spacial score (nSPS) is 12.1. The molecule has 1 aromatic carbocycles. The van der Waals surface area contributed by atoms with Gasteiger partial charge in [-0.3, -0.25) is 14.8 Å². The summed E-state index contributed by atoms with van der Waals surface area (Å²) in [5, 5.41) is 7.84. The second-order valence-corrected chi connectivity index (χ2v) is 6.44. The molecule has 0 fully saturated rings. The Hall–Kier alpha value is -1.94. The van der Waals surface area contributed by atoms with E-state index < -0.39 is 11.3 Å². The molecule has 0 amide bonds. The molecule has 1 N–H and O–H groups in total. The minimum absolute atomic E-state index is 0.168. The molecule has 0 saturated carbocycles. The Morgan fingerprint density at radius 3 is 2.46 bits per heavy atom. The summed E-state index contributed by atoms with van der Waals surface area (Å²) >= 11 is 5.72. The van der Waals surface area contributed by atoms with Crippen molar-refractivity contribution in [2.75, 3.05) is 0 Å². The number of aryl methyl sites for hydroxylation is 1. The predicted octanol–water partition coefficient (Wildman–Crippen LogP) is 4.50. The first-order valence-electron chi connectivity index (χ1n) is 8.37. The van der Waals surface area contributed by atoms with E-state index in [0.717, 1.165) is 17.7 Å². The fraction of sp³-hybridized carbons (Fsp3) is 0.421. The summed E-state index contributed by atoms with van der Waals surface area (Å²) in [6.07, 6.45) is 9.59. The summed E-state index contributed by atoms with van der Waals surface area (Å²) in [4.78, 5) is 19.4. The number of carboxylic acids is 1. The number of aromatic nitrogens is 2. The van der Waals surface area contributed by atoms with Crippen LogP contribution in [-0.4, -0.2) is 26.4 Å². The van der Waals surface area contributed by atoms with Crippen molar-refractivity contribution in [1.82, 2.24) is 9.97 Å². The highest BCUT2D eigenvalue weighted by molar-refractivity contribution is 6.29. The van der Waals surface area contributed by atoms with Crippen LogP contribution in [-0.2, 0) is 17.6 Å². The van der Waals surface area contributed by atoms with Crippen molar-refractivity contribution < 1.29 is 9.90 Å². The van der Waals surface area contributed by atoms with Gasteiger partial charge in [-0.1, -0.05) is 50.5 Å². The van der Waals surface area contributed by atoms with Crippen molar-refractivity contribution in [3.05, 3.63) is 47.9 Å². The summed E-state index contributed by atoms with van der Waals surface area (Å²) in [5.74, 6) is -1.04. The van der Waals surface area contributed by atoms with Gasteiger partial charge in [0, 0.05) is 18.2 Å². The number of aliphatic carboxylic acids is 1. The molecule has 0 unspecified atom stereocenters. The maximum Gasteiger partial charge on any atom is 0.322 e. The molecule has 0 aliphatic rings. The summed E-state index contributed by atoms with van der Waals surface area (Å²) < 4.78 is 0. The van der Waals surface area contributed by atoms with Crippen LogP contribution in [0.3, 0.4) is 0 Å². The molecule has 0 aliphatic carbocycles. The zero-order chi connectivity index (χ0) is 17.4. The molecule has 1 aromatic heterocycles. The third-order valence-electron chi connectivity index (χ3n) is 3.93. The quantitative estimate of drug-likeness (QED) is 0.536. The molecule has 4 nitrogen and oxygen atoms in total. The van der Waals surface area contributed by atoms with Gasteiger partial charge in [-0.25, -0.2) is 0 Å². The number of hydrogen-bond acceptors (Lipinski definition) is 3. The Kier molecular flexibility index (Phi) is 7.19. The van der Waals surface area contributed by atoms with Crippen LogP contribution in [0.1, 0.15) is 43.9 Å². The Labute approximate surface area is 147 Å². The number of hydrogen-bond donors (Lipinski definition) is 1. The number of rotatable bonds is 9. The van der Waals surface area contributed by atoms with Crippen LogP contribution in [0, 0.1) is 0 Å². The molecule has 0 bridgehead atoms. The van der Waals surface area contributed by atoms with Gasteiger partial charge in [-0.05, 0) is 18.4 Å². The minimum atomic E-state index is -1.04. The van der Waals surface area contributed by atoms with E-state index in [4.69, 9.17) is 16.7 Å². The van der Waals surface area contributed by atoms with Crippen molar-refractivity contribution in [2.24, 2.45) is 0 Å². The molecular weight excluding hydrogens is 324 g/mol. The fourth-order valence-corrected chi connectivity index (χ4v) is 2.64. The van der Waals surface area contributed by atoms with Gasteiger partial charge in [-0.15, -0.1) is 11.6 Å². The van der Waals surface area contributed by atoms with E-state index in [2.05, 4.69) is 41.2 Å². The van der Waals surface area contributed by atoms with E-state index in [1.165, 1.54) is 31.2 Å². The fourth-order valence-electron chi connectivity index (χ4n) is 2.48. The smallest absolute Gasteiger partial charge is 0.322 e. The minimum Gasteiger partial charge on any atom is -0.480 e. The SMILES string of the molecule is CCCCCCc1ccc(-c2cnc(C[C@@H](Cl)C(=O)O)cn2)cc1. The van der Waals surface area contributed by atoms with Crippen LogP contribution in [0.5, 0.6) is 0 Å². The van der Waals surface area contributed by atoms with Crippen LogP contribution in [0.15, 0.2) is 36.7 Å². The molecular formula is C19H23ClN2O2. The van der Waals surface area contributed by atoms with Crippen molar-refractivity contribution in [3.8, 4) is 11.3 Å². The zero-order valence-corrected chi connectivity index (χ0v) is 14.7. The molecule has 1 atom stereocenters. The van der Waals surface area contributed by atoms with Crippen molar-refractivity contribution in [3.63, 3.8) is 0 Å². The van der Waals surface area contributed by atoms with Crippen LogP contribution < -0.4 is 0 Å². The Bertz CT molecular complexity index is 641. The van der Waals surface area contributed by atoms with Gasteiger partial charge in [0.25, 0.3) is 0 Å². The lowest BCUT2D eigenvalue weighted by molar-refractivity contribution is -0.136. The monoisotopic (exact) mass is 346 g/mol. The molecule has 0 spiro atoms. The number of halogens is 1. The number of unbranched alkanes of at least 4 members (excludes halogenated alkanes) is 3. The van der Waals surface area contributed by atoms with Gasteiger partial charge in [0.1, 0.15) is 5.38 Å². The van der Waals surface area contributed by atoms with Gasteiger partial charge in [-0.2, -0.15) is 0 Å². The molecule has 2 aromatic rings. The van der Waals surface area contributed by atoms with E-state index >= 15 is 0 Å². The average molecular weight is 347 g/mol. The molecule has 2 rings (SSSR count). The molecule has 24 heavy (non-hydrogen) atoms. The topological polar surface area (TPSA) is 63.1 Å². The summed E-state index contributed by atoms with van der Waals surface area (Å²) in [6, 6.07) is 8.38. The third kappa shape index (κ3) is 5.60. The zero-order valence-electron chi connectivity index (χ0n) is 13.9. The third-order valence-corrected chi connectivity index (χ3v) is 4.27. The van der Waals surface area contributed by atoms with E-state index in [0.29, 0.717) is 5.69 Å². The van der Waals surface area contributed by atoms with Crippen LogP contribution >= 0.6 is 11.6 Å². The lowest BCUT2D eigenvalue weighted by Crippen LogP contribution is -2.16. The lowest BCUT2D eigenvalue weighted by atomic mass is 10.0. The first-order valence-corrected chi connectivity index (χ1v) is 8.81. The summed E-state index contributed by atoms with van der Waals surface area (Å²) in [7, 11) is 0. The molecule has 1 heterocycles. The van der Waals surface area contributed by atoms with Crippen LogP contribution in [0.2, 0.25) is 0 Å². The average Bonchev–Trinajstić information content (AvgIpc) is 2.60. The molecule has 128 valence electrons. The van der Waals surface area contributed by atoms with Crippen molar-refractivity contribution in [1.29, 1.82) is 0 Å². The highest BCUT2D eigenvalue weighted by Crippen LogP contribution is 2.18. The van der Waals surface area contributed by atoms with Crippen LogP contribution in [0.25, 0.3) is 11.3 Å². The number of benzene rings is 1. The van der Waals surface area contributed by atoms with Gasteiger partial charge >= 0.3 is 5.97 Å². The maximum absolute atomic E-state index is 10.8. The predicted molar refractivity (Wildman–Crippen MR) is 96.3 cm³/mol. The van der Waals surface area contributed by atoms with Gasteiger partial charge in [0.15, 0.2) is 0 Å². The second-order valence-electron chi connectivity index (χ2n) is 5.91. The van der Waals surface area contributed by atoms with Crippen LogP contribution in [0.4, 0.5) is 0 Å². The standard InChI is InChI=1S/C19H23ClN2O2/c1-2-3-4-5-6-14-7-9-15(10-8-14)18-13-21-16(12-22-18)11-17(20)19(23)24/h7-10,12-13,17H,2-6,11H2,1H3,(H,23,24)/t17-/m1/s1. The number of alkyl halides is 1. The van der Waals surface area contributed by atoms with Gasteiger partial charge in [0.2, 0.25) is 0 Å². The van der Waals surface area contributed by atoms with Gasteiger partial charge < -0.3 is 5.11 Å². The summed E-state index contributed by atoms with van der Waals surface area (Å²) in [6.45, 7) is 2.22. The Balaban J connectivity index is 1.95. The Morgan fingerprint density at radius 2 is 1.88 bits per heavy atom. The number of nitrogens with zero attached hydrogens (tertiary/aromatic N) is 2. The summed E-state index contributed by atoms with van der Waals surface area (Å²) in [5.41, 5.74) is 3.70. The molecule has 0 radical (unpaired) electrons. The second kappa shape index (κ2) is 9.38. The molecule has 0 saturated heterocycles. The Morgan fingerprint density at radius 1 is 1.12 bits per heavy atom. The van der Waals surface area contributed by atoms with E-state index in [1.54, 1.807) is 12.4 Å². The molecule has 5 heteroatoms. The van der Waals surface area contributed by atoms with E-state index in [1.807, 2.05) is 0 Å². The maximum atomic E-state index is 10.8. The van der Waals surface area contributed by atoms with Crippen molar-refractivity contribution in [2.45, 2.75) is 50.8 Å². The highest BCUT2D eigenvalue weighted by atomic mass is 35.5. The van der Waals surface area contributed by atoms with Gasteiger partial charge in [0.05, 0.1) is 17.6 Å². The first kappa shape index (κ1) is 18.4. The highest BCUT2D eigenvalue weighted by Gasteiger charge is 2.15. The van der Waals surface area contributed by atoms with E-state index in [-0.39, 0.29) is 6.42 Å². The van der Waals surface area contributed by atoms with E-state index in [9.17, 15) is 4.79 Å². The number of carboxylic acid groups (broad SMARTS) is 1. The molecule has 0 aliphatic heterocycles. The number of carbonyl (C=O) groups is 1. The van der Waals surface area contributed by atoms with Crippen molar-refractivity contribution >= 4 is 17.6 Å². The largest absolute Gasteiger partial charge is 0.480 e. The lowest BCUT2D eigenvalue weighted by Gasteiger charge is -2.06.